The molecule has 0 aliphatic rings. The summed E-state index contributed by atoms with van der Waals surface area (Å²) in [7, 11) is 0. The van der Waals surface area contributed by atoms with Crippen LogP contribution in [0.5, 0.6) is 0 Å². The van der Waals surface area contributed by atoms with Crippen LogP contribution in [-0.4, -0.2) is 4.98 Å². The van der Waals surface area contributed by atoms with Crippen LogP contribution in [0.1, 0.15) is 11.1 Å². The molecule has 1 aromatic heterocycles. The zero-order valence-electron chi connectivity index (χ0n) is 8.13. The summed E-state index contributed by atoms with van der Waals surface area (Å²) in [6, 6.07) is 3.33. The smallest absolute Gasteiger partial charge is 0.128 e. The van der Waals surface area contributed by atoms with Gasteiger partial charge in [0.05, 0.1) is 11.2 Å². The summed E-state index contributed by atoms with van der Waals surface area (Å²) >= 11 is 0. The van der Waals surface area contributed by atoms with Crippen molar-refractivity contribution >= 4 is 16.6 Å². The number of pyridine rings is 1. The summed E-state index contributed by atoms with van der Waals surface area (Å²) in [6.07, 6.45) is 1.69. The molecule has 14 heavy (non-hydrogen) atoms. The van der Waals surface area contributed by atoms with Crippen LogP contribution in [0.3, 0.4) is 0 Å². The van der Waals surface area contributed by atoms with E-state index in [0.717, 1.165) is 10.9 Å². The standard InChI is InChI=1S/C11H11FN2/c1-6-3-4-14-11-8(6)5-9(12)7(2)10(11)13/h3-5H,13H2,1-2H3. The number of nitrogen functional groups attached to an aromatic ring is 1. The van der Waals surface area contributed by atoms with Gasteiger partial charge in [0.25, 0.3) is 0 Å². The van der Waals surface area contributed by atoms with Crippen molar-refractivity contribution in [2.24, 2.45) is 0 Å². The molecule has 0 bridgehead atoms. The number of nitrogens with two attached hydrogens (primary N) is 1. The Morgan fingerprint density at radius 1 is 1.36 bits per heavy atom. The van der Waals surface area contributed by atoms with Gasteiger partial charge in [-0.25, -0.2) is 4.39 Å². The van der Waals surface area contributed by atoms with Gasteiger partial charge in [-0.2, -0.15) is 0 Å². The van der Waals surface area contributed by atoms with E-state index in [2.05, 4.69) is 4.98 Å². The Labute approximate surface area is 81.6 Å². The molecule has 0 unspecified atom stereocenters. The zero-order chi connectivity index (χ0) is 10.3. The predicted molar refractivity (Wildman–Crippen MR) is 55.6 cm³/mol. The fourth-order valence-electron chi connectivity index (χ4n) is 1.51. The van der Waals surface area contributed by atoms with Crippen molar-refractivity contribution < 1.29 is 4.39 Å². The number of aromatic nitrogens is 1. The molecule has 72 valence electrons. The van der Waals surface area contributed by atoms with Crippen molar-refractivity contribution in [2.45, 2.75) is 13.8 Å². The molecular formula is C11H11FN2. The van der Waals surface area contributed by atoms with Crippen LogP contribution in [0, 0.1) is 19.7 Å². The first-order valence-electron chi connectivity index (χ1n) is 4.41. The molecule has 0 spiro atoms. The van der Waals surface area contributed by atoms with Gasteiger partial charge in [-0.15, -0.1) is 0 Å². The van der Waals surface area contributed by atoms with Crippen molar-refractivity contribution in [3.05, 3.63) is 35.3 Å². The molecule has 1 aromatic carbocycles. The molecule has 1 heterocycles. The average Bonchev–Trinajstić information content (AvgIpc) is 2.17. The fraction of sp³-hybridized carbons (Fsp3) is 0.182. The monoisotopic (exact) mass is 190 g/mol. The highest BCUT2D eigenvalue weighted by molar-refractivity contribution is 5.92. The molecule has 2 aromatic rings. The first-order valence-corrected chi connectivity index (χ1v) is 4.41. The van der Waals surface area contributed by atoms with E-state index < -0.39 is 0 Å². The van der Waals surface area contributed by atoms with E-state index in [1.54, 1.807) is 13.1 Å². The first kappa shape index (κ1) is 8.94. The summed E-state index contributed by atoms with van der Waals surface area (Å²) in [6.45, 7) is 3.58. The number of anilines is 1. The van der Waals surface area contributed by atoms with Gasteiger partial charge in [-0.05, 0) is 31.5 Å². The quantitative estimate of drug-likeness (QED) is 0.648. The molecule has 0 fully saturated rings. The molecule has 2 rings (SSSR count). The van der Waals surface area contributed by atoms with E-state index in [4.69, 9.17) is 5.73 Å². The summed E-state index contributed by atoms with van der Waals surface area (Å²) in [5.74, 6) is -0.272. The number of aryl methyl sites for hydroxylation is 1. The number of halogens is 1. The Bertz CT molecular complexity index is 506. The zero-order valence-corrected chi connectivity index (χ0v) is 8.13. The summed E-state index contributed by atoms with van der Waals surface area (Å²) < 4.78 is 13.4. The Kier molecular flexibility index (Phi) is 1.88. The molecule has 0 saturated heterocycles. The molecule has 2 nitrogen and oxygen atoms in total. The minimum Gasteiger partial charge on any atom is -0.397 e. The maximum Gasteiger partial charge on any atom is 0.128 e. The van der Waals surface area contributed by atoms with Gasteiger partial charge in [0.15, 0.2) is 0 Å². The predicted octanol–water partition coefficient (Wildman–Crippen LogP) is 2.57. The van der Waals surface area contributed by atoms with Crippen LogP contribution >= 0.6 is 0 Å². The second-order valence-electron chi connectivity index (χ2n) is 3.42. The Morgan fingerprint density at radius 2 is 2.07 bits per heavy atom. The molecule has 0 amide bonds. The maximum absolute atomic E-state index is 13.4. The number of hydrogen-bond donors (Lipinski definition) is 1. The minimum atomic E-state index is -0.272. The molecule has 3 heteroatoms. The van der Waals surface area contributed by atoms with E-state index >= 15 is 0 Å². The lowest BCUT2D eigenvalue weighted by atomic mass is 10.1. The average molecular weight is 190 g/mol. The van der Waals surface area contributed by atoms with Gasteiger partial charge in [0, 0.05) is 17.1 Å². The molecule has 0 saturated carbocycles. The molecule has 0 aliphatic carbocycles. The van der Waals surface area contributed by atoms with Gasteiger partial charge in [-0.1, -0.05) is 0 Å². The number of rotatable bonds is 0. The lowest BCUT2D eigenvalue weighted by molar-refractivity contribution is 0.621. The second-order valence-corrected chi connectivity index (χ2v) is 3.42. The van der Waals surface area contributed by atoms with Crippen LogP contribution in [0.4, 0.5) is 10.1 Å². The van der Waals surface area contributed by atoms with Gasteiger partial charge < -0.3 is 5.73 Å². The number of fused-ring (bicyclic) bond motifs is 1. The van der Waals surface area contributed by atoms with E-state index in [9.17, 15) is 4.39 Å². The first-order chi connectivity index (χ1) is 6.61. The van der Waals surface area contributed by atoms with Gasteiger partial charge in [0.1, 0.15) is 5.82 Å². The van der Waals surface area contributed by atoms with Crippen molar-refractivity contribution in [1.82, 2.24) is 4.98 Å². The third-order valence-corrected chi connectivity index (χ3v) is 2.50. The summed E-state index contributed by atoms with van der Waals surface area (Å²) in [4.78, 5) is 4.15. The molecule has 2 N–H and O–H groups in total. The van der Waals surface area contributed by atoms with E-state index in [0.29, 0.717) is 16.8 Å². The Balaban J connectivity index is 2.98. The third kappa shape index (κ3) is 1.13. The number of nitrogens with zero attached hydrogens (tertiary/aromatic N) is 1. The van der Waals surface area contributed by atoms with Crippen LogP contribution in [0.2, 0.25) is 0 Å². The normalized spacial score (nSPS) is 10.8. The third-order valence-electron chi connectivity index (χ3n) is 2.50. The van der Waals surface area contributed by atoms with Gasteiger partial charge >= 0.3 is 0 Å². The molecule has 0 atom stereocenters. The van der Waals surface area contributed by atoms with Crippen LogP contribution in [0.25, 0.3) is 10.9 Å². The Hall–Kier alpha value is -1.64. The van der Waals surface area contributed by atoms with Gasteiger partial charge in [-0.3, -0.25) is 4.98 Å². The summed E-state index contributed by atoms with van der Waals surface area (Å²) in [5.41, 5.74) is 8.36. The van der Waals surface area contributed by atoms with Crippen LogP contribution < -0.4 is 5.73 Å². The SMILES string of the molecule is Cc1c(F)cc2c(C)ccnc2c1N. The minimum absolute atomic E-state index is 0.272. The molecule has 0 aliphatic heterocycles. The van der Waals surface area contributed by atoms with Crippen LogP contribution in [0.15, 0.2) is 18.3 Å². The maximum atomic E-state index is 13.4. The van der Waals surface area contributed by atoms with E-state index in [-0.39, 0.29) is 5.82 Å². The number of benzene rings is 1. The Morgan fingerprint density at radius 3 is 2.79 bits per heavy atom. The van der Waals surface area contributed by atoms with Crippen molar-refractivity contribution in [1.29, 1.82) is 0 Å². The number of hydrogen-bond acceptors (Lipinski definition) is 2. The topological polar surface area (TPSA) is 38.9 Å². The fourth-order valence-corrected chi connectivity index (χ4v) is 1.51. The lowest BCUT2D eigenvalue weighted by Gasteiger charge is -2.07. The highest BCUT2D eigenvalue weighted by Gasteiger charge is 2.09. The molecule has 0 radical (unpaired) electrons. The molecular weight excluding hydrogens is 179 g/mol. The van der Waals surface area contributed by atoms with Crippen LogP contribution in [-0.2, 0) is 0 Å². The highest BCUT2D eigenvalue weighted by atomic mass is 19.1. The van der Waals surface area contributed by atoms with E-state index in [1.807, 2.05) is 13.0 Å². The van der Waals surface area contributed by atoms with Crippen molar-refractivity contribution in [2.75, 3.05) is 5.73 Å². The lowest BCUT2D eigenvalue weighted by Crippen LogP contribution is -1.97. The van der Waals surface area contributed by atoms with E-state index in [1.165, 1.54) is 6.07 Å². The van der Waals surface area contributed by atoms with Crippen molar-refractivity contribution in [3.8, 4) is 0 Å². The second kappa shape index (κ2) is 2.94. The van der Waals surface area contributed by atoms with Crippen molar-refractivity contribution in [3.63, 3.8) is 0 Å². The largest absolute Gasteiger partial charge is 0.397 e. The highest BCUT2D eigenvalue weighted by Crippen LogP contribution is 2.26. The summed E-state index contributed by atoms with van der Waals surface area (Å²) in [5, 5.41) is 0.785. The van der Waals surface area contributed by atoms with Gasteiger partial charge in [0.2, 0.25) is 0 Å².